The molecule has 3 rings (SSSR count). The Hall–Kier alpha value is -3.34. The number of hydrogen-bond acceptors (Lipinski definition) is 3. The number of methoxy groups -OCH3 is 1. The highest BCUT2D eigenvalue weighted by Crippen LogP contribution is 2.25. The molecule has 26 heavy (non-hydrogen) atoms. The Balaban J connectivity index is 1.97. The van der Waals surface area contributed by atoms with E-state index in [2.05, 4.69) is 0 Å². The Morgan fingerprint density at radius 1 is 0.846 bits per heavy atom. The van der Waals surface area contributed by atoms with Gasteiger partial charge in [-0.05, 0) is 24.3 Å². The molecule has 0 radical (unpaired) electrons. The number of carbonyl (C=O) groups is 1. The first-order chi connectivity index (χ1) is 12.6. The highest BCUT2D eigenvalue weighted by atomic mass is 16.7. The van der Waals surface area contributed by atoms with E-state index in [0.717, 1.165) is 28.5 Å². The standard InChI is InChI=1S/C21H21N2O3/c1-16-14-20(25-3)15-17(2)23(16)26-21(24)22(18-10-6-4-7-11-18)19-12-8-5-9-13-19/h4-15H,1-3H3/q+1. The summed E-state index contributed by atoms with van der Waals surface area (Å²) in [5.74, 6) is 0.718. The van der Waals surface area contributed by atoms with Crippen LogP contribution in [0.1, 0.15) is 11.4 Å². The van der Waals surface area contributed by atoms with Crippen LogP contribution in [0, 0.1) is 13.8 Å². The number of amides is 1. The number of rotatable bonds is 4. The first-order valence-corrected chi connectivity index (χ1v) is 8.30. The Labute approximate surface area is 153 Å². The average Bonchev–Trinajstić information content (AvgIpc) is 2.66. The molecule has 2 aromatic carbocycles. The molecule has 0 fully saturated rings. The van der Waals surface area contributed by atoms with Gasteiger partial charge in [-0.3, -0.25) is 0 Å². The van der Waals surface area contributed by atoms with Gasteiger partial charge in [-0.15, -0.1) is 0 Å². The Kier molecular flexibility index (Phi) is 5.17. The zero-order chi connectivity index (χ0) is 18.5. The van der Waals surface area contributed by atoms with E-state index in [-0.39, 0.29) is 0 Å². The molecule has 0 unspecified atom stereocenters. The summed E-state index contributed by atoms with van der Waals surface area (Å²) in [6.07, 6.45) is -0.497. The van der Waals surface area contributed by atoms with E-state index >= 15 is 0 Å². The molecular formula is C21H21N2O3+. The molecular weight excluding hydrogens is 328 g/mol. The molecule has 132 valence electrons. The molecule has 0 saturated carbocycles. The predicted octanol–water partition coefficient (Wildman–Crippen LogP) is 3.99. The molecule has 0 spiro atoms. The second-order valence-corrected chi connectivity index (χ2v) is 5.84. The molecule has 1 aromatic heterocycles. The molecule has 1 amide bonds. The fourth-order valence-electron chi connectivity index (χ4n) is 2.74. The summed E-state index contributed by atoms with van der Waals surface area (Å²) in [6, 6.07) is 22.5. The molecule has 0 atom stereocenters. The number of carbonyl (C=O) groups excluding carboxylic acids is 1. The van der Waals surface area contributed by atoms with E-state index in [0.29, 0.717) is 0 Å². The zero-order valence-electron chi connectivity index (χ0n) is 15.0. The number of aromatic nitrogens is 1. The van der Waals surface area contributed by atoms with Crippen molar-refractivity contribution in [3.05, 3.63) is 84.2 Å². The summed E-state index contributed by atoms with van der Waals surface area (Å²) in [7, 11) is 1.61. The lowest BCUT2D eigenvalue weighted by Gasteiger charge is -2.20. The lowest BCUT2D eigenvalue weighted by Crippen LogP contribution is -2.53. The van der Waals surface area contributed by atoms with Crippen molar-refractivity contribution in [2.24, 2.45) is 0 Å². The van der Waals surface area contributed by atoms with Gasteiger partial charge in [0, 0.05) is 18.6 Å². The molecule has 0 aliphatic carbocycles. The average molecular weight is 349 g/mol. The maximum atomic E-state index is 13.0. The maximum Gasteiger partial charge on any atom is 0.487 e. The van der Waals surface area contributed by atoms with E-state index in [1.165, 1.54) is 9.63 Å². The SMILES string of the molecule is COc1cc(C)[n+](OC(=O)N(c2ccccc2)c2ccccc2)c(C)c1. The normalized spacial score (nSPS) is 10.3. The van der Waals surface area contributed by atoms with Gasteiger partial charge in [0.2, 0.25) is 11.4 Å². The van der Waals surface area contributed by atoms with Crippen LogP contribution in [-0.2, 0) is 0 Å². The van der Waals surface area contributed by atoms with Crippen molar-refractivity contribution in [3.8, 4) is 5.75 Å². The Morgan fingerprint density at radius 2 is 1.31 bits per heavy atom. The van der Waals surface area contributed by atoms with Gasteiger partial charge in [-0.25, -0.2) is 9.69 Å². The quantitative estimate of drug-likeness (QED) is 0.669. The van der Waals surface area contributed by atoms with Crippen molar-refractivity contribution >= 4 is 17.5 Å². The van der Waals surface area contributed by atoms with Gasteiger partial charge < -0.3 is 4.74 Å². The first kappa shape index (κ1) is 17.5. The van der Waals surface area contributed by atoms with Gasteiger partial charge in [-0.1, -0.05) is 36.4 Å². The third kappa shape index (κ3) is 3.67. The van der Waals surface area contributed by atoms with Crippen LogP contribution in [0.5, 0.6) is 5.75 Å². The minimum absolute atomic E-state index is 0.497. The van der Waals surface area contributed by atoms with Crippen LogP contribution in [-0.4, -0.2) is 13.2 Å². The van der Waals surface area contributed by atoms with Crippen molar-refractivity contribution in [1.29, 1.82) is 0 Å². The molecule has 5 heteroatoms. The van der Waals surface area contributed by atoms with Crippen LogP contribution in [0.4, 0.5) is 16.2 Å². The Morgan fingerprint density at radius 3 is 1.73 bits per heavy atom. The van der Waals surface area contributed by atoms with Crippen LogP contribution >= 0.6 is 0 Å². The van der Waals surface area contributed by atoms with Gasteiger partial charge in [0.15, 0.2) is 0 Å². The summed E-state index contributed by atoms with van der Waals surface area (Å²) in [6.45, 7) is 3.72. The lowest BCUT2D eigenvalue weighted by atomic mass is 10.2. The lowest BCUT2D eigenvalue weighted by molar-refractivity contribution is -0.876. The number of pyridine rings is 1. The van der Waals surface area contributed by atoms with E-state index in [4.69, 9.17) is 9.57 Å². The summed E-state index contributed by atoms with van der Waals surface area (Å²) in [4.78, 5) is 20.3. The topological polar surface area (TPSA) is 42.6 Å². The summed E-state index contributed by atoms with van der Waals surface area (Å²) in [5.41, 5.74) is 2.98. The number of ether oxygens (including phenoxy) is 1. The molecule has 3 aromatic rings. The molecule has 1 heterocycles. The van der Waals surface area contributed by atoms with Crippen LogP contribution in [0.2, 0.25) is 0 Å². The molecule has 0 N–H and O–H groups in total. The third-order valence-electron chi connectivity index (χ3n) is 3.96. The second kappa shape index (κ2) is 7.70. The Bertz CT molecular complexity index is 833. The van der Waals surface area contributed by atoms with Crippen molar-refractivity contribution in [1.82, 2.24) is 0 Å². The van der Waals surface area contributed by atoms with Crippen molar-refractivity contribution in [2.45, 2.75) is 13.8 Å². The third-order valence-corrected chi connectivity index (χ3v) is 3.96. The van der Waals surface area contributed by atoms with Gasteiger partial charge in [-0.2, -0.15) is 4.84 Å². The van der Waals surface area contributed by atoms with Crippen LogP contribution < -0.4 is 19.2 Å². The van der Waals surface area contributed by atoms with E-state index in [9.17, 15) is 4.79 Å². The highest BCUT2D eigenvalue weighted by molar-refractivity contribution is 5.95. The van der Waals surface area contributed by atoms with Gasteiger partial charge in [0.05, 0.1) is 30.6 Å². The zero-order valence-corrected chi connectivity index (χ0v) is 15.0. The van der Waals surface area contributed by atoms with E-state index in [1.54, 1.807) is 7.11 Å². The minimum atomic E-state index is -0.497. The fourth-order valence-corrected chi connectivity index (χ4v) is 2.74. The largest absolute Gasteiger partial charge is 0.496 e. The van der Waals surface area contributed by atoms with Crippen molar-refractivity contribution in [2.75, 3.05) is 12.0 Å². The van der Waals surface area contributed by atoms with E-state index < -0.39 is 6.09 Å². The predicted molar refractivity (Wildman–Crippen MR) is 99.7 cm³/mol. The summed E-state index contributed by atoms with van der Waals surface area (Å²) in [5, 5.41) is 0. The smallest absolute Gasteiger partial charge is 0.487 e. The van der Waals surface area contributed by atoms with Gasteiger partial charge in [0.25, 0.3) is 0 Å². The number of para-hydroxylation sites is 2. The van der Waals surface area contributed by atoms with Crippen LogP contribution in [0.25, 0.3) is 0 Å². The fraction of sp³-hybridized carbons (Fsp3) is 0.143. The number of anilines is 2. The number of nitrogens with zero attached hydrogens (tertiary/aromatic N) is 2. The monoisotopic (exact) mass is 349 g/mol. The second-order valence-electron chi connectivity index (χ2n) is 5.84. The number of benzene rings is 2. The molecule has 0 aliphatic heterocycles. The minimum Gasteiger partial charge on any atom is -0.496 e. The number of aryl methyl sites for hydroxylation is 2. The van der Waals surface area contributed by atoms with Crippen LogP contribution in [0.15, 0.2) is 72.8 Å². The first-order valence-electron chi connectivity index (χ1n) is 8.30. The van der Waals surface area contributed by atoms with Crippen LogP contribution in [0.3, 0.4) is 0 Å². The van der Waals surface area contributed by atoms with Gasteiger partial charge in [0.1, 0.15) is 5.75 Å². The molecule has 0 saturated heterocycles. The van der Waals surface area contributed by atoms with Crippen molar-refractivity contribution < 1.29 is 19.1 Å². The molecule has 0 bridgehead atoms. The molecule has 5 nitrogen and oxygen atoms in total. The summed E-state index contributed by atoms with van der Waals surface area (Å²) < 4.78 is 6.76. The van der Waals surface area contributed by atoms with Gasteiger partial charge >= 0.3 is 6.09 Å². The number of hydrogen-bond donors (Lipinski definition) is 0. The summed E-state index contributed by atoms with van der Waals surface area (Å²) >= 11 is 0. The molecule has 0 aliphatic rings. The van der Waals surface area contributed by atoms with Crippen molar-refractivity contribution in [3.63, 3.8) is 0 Å². The highest BCUT2D eigenvalue weighted by Gasteiger charge is 2.27. The maximum absolute atomic E-state index is 13.0. The van der Waals surface area contributed by atoms with E-state index in [1.807, 2.05) is 86.6 Å².